The van der Waals surface area contributed by atoms with Crippen LogP contribution in [-0.4, -0.2) is 41.1 Å². The van der Waals surface area contributed by atoms with Gasteiger partial charge in [-0.2, -0.15) is 0 Å². The first-order valence-electron chi connectivity index (χ1n) is 10.4. The number of aryl methyl sites for hydroxylation is 1. The van der Waals surface area contributed by atoms with E-state index in [0.29, 0.717) is 38.2 Å². The molecule has 2 aliphatic heterocycles. The van der Waals surface area contributed by atoms with Gasteiger partial charge in [-0.05, 0) is 30.9 Å². The Kier molecular flexibility index (Phi) is 5.84. The normalized spacial score (nSPS) is 20.6. The first kappa shape index (κ1) is 20.1. The Hall–Kier alpha value is -3.15. The zero-order chi connectivity index (χ0) is 21.0. The van der Waals surface area contributed by atoms with E-state index < -0.39 is 5.60 Å². The maximum absolute atomic E-state index is 12.8. The Morgan fingerprint density at radius 2 is 1.87 bits per heavy atom. The molecule has 1 N–H and O–H groups in total. The van der Waals surface area contributed by atoms with Crippen molar-refractivity contribution in [3.05, 3.63) is 71.3 Å². The highest BCUT2D eigenvalue weighted by Crippen LogP contribution is 2.33. The van der Waals surface area contributed by atoms with Crippen LogP contribution < -0.4 is 5.32 Å². The number of piperidine rings is 1. The van der Waals surface area contributed by atoms with Crippen LogP contribution in [0.15, 0.2) is 59.8 Å². The van der Waals surface area contributed by atoms with Crippen molar-refractivity contribution in [2.75, 3.05) is 13.1 Å². The van der Waals surface area contributed by atoms with E-state index in [1.54, 1.807) is 0 Å². The molecule has 6 heteroatoms. The van der Waals surface area contributed by atoms with Gasteiger partial charge in [0.25, 0.3) is 5.91 Å². The van der Waals surface area contributed by atoms with Gasteiger partial charge >= 0.3 is 0 Å². The van der Waals surface area contributed by atoms with E-state index in [-0.39, 0.29) is 11.8 Å². The zero-order valence-corrected chi connectivity index (χ0v) is 17.3. The Morgan fingerprint density at radius 1 is 1.10 bits per heavy atom. The molecule has 1 spiro atoms. The second-order valence-electron chi connectivity index (χ2n) is 8.24. The number of oxime groups is 1. The molecule has 0 aromatic heterocycles. The SMILES string of the molecule is Cc1ccc(CNC(=O)C2=NOC3(CCCN(C(=O)Cc4ccccc4)C3)C2)cc1. The van der Waals surface area contributed by atoms with E-state index in [9.17, 15) is 9.59 Å². The Morgan fingerprint density at radius 3 is 2.63 bits per heavy atom. The zero-order valence-electron chi connectivity index (χ0n) is 17.3. The third-order valence-corrected chi connectivity index (χ3v) is 5.77. The van der Waals surface area contributed by atoms with E-state index in [0.717, 1.165) is 24.0 Å². The third kappa shape index (κ3) is 4.70. The maximum Gasteiger partial charge on any atom is 0.269 e. The fourth-order valence-electron chi connectivity index (χ4n) is 4.05. The van der Waals surface area contributed by atoms with Gasteiger partial charge in [0.15, 0.2) is 5.60 Å². The average Bonchev–Trinajstić information content (AvgIpc) is 3.17. The Labute approximate surface area is 176 Å². The minimum atomic E-state index is -0.582. The summed E-state index contributed by atoms with van der Waals surface area (Å²) in [6.45, 7) is 3.67. The lowest BCUT2D eigenvalue weighted by Gasteiger charge is -2.38. The molecule has 1 atom stereocenters. The summed E-state index contributed by atoms with van der Waals surface area (Å²) in [6.07, 6.45) is 2.44. The number of nitrogens with zero attached hydrogens (tertiary/aromatic N) is 2. The van der Waals surface area contributed by atoms with Gasteiger partial charge in [0.05, 0.1) is 13.0 Å². The smallest absolute Gasteiger partial charge is 0.269 e. The summed E-state index contributed by atoms with van der Waals surface area (Å²) in [5.41, 5.74) is 3.05. The van der Waals surface area contributed by atoms with Gasteiger partial charge in [-0.25, -0.2) is 0 Å². The lowest BCUT2D eigenvalue weighted by atomic mass is 9.87. The van der Waals surface area contributed by atoms with Crippen molar-refractivity contribution in [1.82, 2.24) is 10.2 Å². The van der Waals surface area contributed by atoms with Crippen LogP contribution in [-0.2, 0) is 27.4 Å². The van der Waals surface area contributed by atoms with Crippen LogP contribution in [0.1, 0.15) is 36.0 Å². The number of carbonyl (C=O) groups excluding carboxylic acids is 2. The molecule has 2 amide bonds. The Balaban J connectivity index is 1.31. The van der Waals surface area contributed by atoms with Crippen molar-refractivity contribution >= 4 is 17.5 Å². The number of hydrogen-bond donors (Lipinski definition) is 1. The van der Waals surface area contributed by atoms with Crippen molar-refractivity contribution in [3.8, 4) is 0 Å². The first-order valence-corrected chi connectivity index (χ1v) is 10.4. The molecule has 2 aliphatic rings. The van der Waals surface area contributed by atoms with Crippen LogP contribution >= 0.6 is 0 Å². The molecule has 1 fully saturated rings. The summed E-state index contributed by atoms with van der Waals surface area (Å²) < 4.78 is 0. The van der Waals surface area contributed by atoms with Gasteiger partial charge in [0, 0.05) is 19.5 Å². The number of hydrogen-bond acceptors (Lipinski definition) is 4. The van der Waals surface area contributed by atoms with Crippen molar-refractivity contribution in [1.29, 1.82) is 0 Å². The number of rotatable bonds is 5. The van der Waals surface area contributed by atoms with Crippen molar-refractivity contribution in [2.24, 2.45) is 5.16 Å². The second-order valence-corrected chi connectivity index (χ2v) is 8.24. The maximum atomic E-state index is 12.8. The van der Waals surface area contributed by atoms with Crippen LogP contribution in [0.25, 0.3) is 0 Å². The standard InChI is InChI=1S/C24H27N3O3/c1-18-8-10-20(11-9-18)16-25-23(29)21-15-24(30-26-21)12-5-13-27(17-24)22(28)14-19-6-3-2-4-7-19/h2-4,6-11H,5,12-17H2,1H3,(H,25,29). The van der Waals surface area contributed by atoms with Gasteiger partial charge in [-0.3, -0.25) is 9.59 Å². The molecule has 2 heterocycles. The molecule has 1 saturated heterocycles. The van der Waals surface area contributed by atoms with Gasteiger partial charge in [-0.1, -0.05) is 65.3 Å². The van der Waals surface area contributed by atoms with Crippen LogP contribution in [0.4, 0.5) is 0 Å². The Bertz CT molecular complexity index is 940. The second kappa shape index (κ2) is 8.69. The van der Waals surface area contributed by atoms with Crippen LogP contribution in [0.5, 0.6) is 0 Å². The molecule has 4 rings (SSSR count). The van der Waals surface area contributed by atoms with Gasteiger partial charge < -0.3 is 15.1 Å². The number of amides is 2. The molecule has 0 saturated carbocycles. The molecule has 2 aromatic carbocycles. The molecule has 30 heavy (non-hydrogen) atoms. The summed E-state index contributed by atoms with van der Waals surface area (Å²) in [5.74, 6) is -0.124. The molecular formula is C24H27N3O3. The number of benzene rings is 2. The fourth-order valence-corrected chi connectivity index (χ4v) is 4.05. The van der Waals surface area contributed by atoms with E-state index in [1.165, 1.54) is 5.56 Å². The minimum Gasteiger partial charge on any atom is -0.386 e. The molecular weight excluding hydrogens is 378 g/mol. The fraction of sp³-hybridized carbons (Fsp3) is 0.375. The molecule has 1 unspecified atom stereocenters. The highest BCUT2D eigenvalue weighted by atomic mass is 16.7. The molecule has 6 nitrogen and oxygen atoms in total. The van der Waals surface area contributed by atoms with E-state index >= 15 is 0 Å². The number of carbonyl (C=O) groups is 2. The van der Waals surface area contributed by atoms with Crippen LogP contribution in [0, 0.1) is 6.92 Å². The molecule has 156 valence electrons. The molecule has 0 radical (unpaired) electrons. The summed E-state index contributed by atoms with van der Waals surface area (Å²) in [4.78, 5) is 32.9. The molecule has 0 bridgehead atoms. The summed E-state index contributed by atoms with van der Waals surface area (Å²) in [7, 11) is 0. The first-order chi connectivity index (χ1) is 14.5. The molecule has 2 aromatic rings. The van der Waals surface area contributed by atoms with Gasteiger partial charge in [0.1, 0.15) is 5.71 Å². The van der Waals surface area contributed by atoms with E-state index in [4.69, 9.17) is 4.84 Å². The largest absolute Gasteiger partial charge is 0.386 e. The van der Waals surface area contributed by atoms with Crippen molar-refractivity contribution in [3.63, 3.8) is 0 Å². The number of likely N-dealkylation sites (tertiary alicyclic amines) is 1. The third-order valence-electron chi connectivity index (χ3n) is 5.77. The van der Waals surface area contributed by atoms with Gasteiger partial charge in [0.2, 0.25) is 5.91 Å². The summed E-state index contributed by atoms with van der Waals surface area (Å²) in [6, 6.07) is 17.8. The predicted octanol–water partition coefficient (Wildman–Crippen LogP) is 2.99. The highest BCUT2D eigenvalue weighted by Gasteiger charge is 2.45. The van der Waals surface area contributed by atoms with Gasteiger partial charge in [-0.15, -0.1) is 0 Å². The van der Waals surface area contributed by atoms with Crippen LogP contribution in [0.3, 0.4) is 0 Å². The average molecular weight is 405 g/mol. The summed E-state index contributed by atoms with van der Waals surface area (Å²) >= 11 is 0. The van der Waals surface area contributed by atoms with E-state index in [2.05, 4.69) is 10.5 Å². The number of nitrogens with one attached hydrogen (secondary N) is 1. The van der Waals surface area contributed by atoms with Crippen LogP contribution in [0.2, 0.25) is 0 Å². The monoisotopic (exact) mass is 405 g/mol. The quantitative estimate of drug-likeness (QED) is 0.831. The summed E-state index contributed by atoms with van der Waals surface area (Å²) in [5, 5.41) is 7.00. The lowest BCUT2D eigenvalue weighted by molar-refractivity contribution is -0.139. The molecule has 0 aliphatic carbocycles. The van der Waals surface area contributed by atoms with Crippen molar-refractivity contribution in [2.45, 2.75) is 44.8 Å². The predicted molar refractivity (Wildman–Crippen MR) is 115 cm³/mol. The highest BCUT2D eigenvalue weighted by molar-refractivity contribution is 6.39. The topological polar surface area (TPSA) is 71.0 Å². The van der Waals surface area contributed by atoms with E-state index in [1.807, 2.05) is 66.4 Å². The lowest BCUT2D eigenvalue weighted by Crippen LogP contribution is -2.51. The minimum absolute atomic E-state index is 0.0844. The van der Waals surface area contributed by atoms with Crippen molar-refractivity contribution < 1.29 is 14.4 Å².